The van der Waals surface area contributed by atoms with Crippen molar-refractivity contribution in [2.45, 2.75) is 6.42 Å². The van der Waals surface area contributed by atoms with Crippen LogP contribution in [0.4, 0.5) is 11.4 Å². The number of nitrogens with zero attached hydrogens (tertiary/aromatic N) is 2. The van der Waals surface area contributed by atoms with Gasteiger partial charge >= 0.3 is 11.4 Å². The molecule has 0 unspecified atom stereocenters. The molecule has 0 bridgehead atoms. The van der Waals surface area contributed by atoms with Crippen LogP contribution in [0.3, 0.4) is 0 Å². The normalized spacial score (nSPS) is 11.2. The molecule has 0 amide bonds. The highest BCUT2D eigenvalue weighted by Gasteiger charge is 2.22. The summed E-state index contributed by atoms with van der Waals surface area (Å²) < 4.78 is 58.7. The van der Waals surface area contributed by atoms with Crippen LogP contribution in [0.25, 0.3) is 0 Å². The number of hydrogen-bond acceptors (Lipinski definition) is 10. The molecule has 12 nitrogen and oxygen atoms in total. The molecule has 0 spiro atoms. The molecule has 0 saturated carbocycles. The summed E-state index contributed by atoms with van der Waals surface area (Å²) in [7, 11) is -6.06. The van der Waals surface area contributed by atoms with E-state index in [0.717, 1.165) is 12.1 Å². The molecule has 0 heterocycles. The summed E-state index contributed by atoms with van der Waals surface area (Å²) >= 11 is 0. The lowest BCUT2D eigenvalue weighted by atomic mass is 10.1. The quantitative estimate of drug-likeness (QED) is 0.282. The lowest BCUT2D eigenvalue weighted by molar-refractivity contribution is -0.385. The fourth-order valence-electron chi connectivity index (χ4n) is 2.68. The van der Waals surface area contributed by atoms with E-state index in [0.29, 0.717) is 5.56 Å². The van der Waals surface area contributed by atoms with Gasteiger partial charge in [-0.2, -0.15) is 0 Å². The lowest BCUT2D eigenvalue weighted by Gasteiger charge is -2.06. The van der Waals surface area contributed by atoms with Gasteiger partial charge in [-0.1, -0.05) is 6.07 Å². The Labute approximate surface area is 189 Å². The molecule has 0 saturated heterocycles. The average molecular weight is 498 g/mol. The molecule has 2 aromatic carbocycles. The molecule has 0 aliphatic heterocycles. The largest absolute Gasteiger partial charge is 0.490 e. The van der Waals surface area contributed by atoms with Crippen molar-refractivity contribution in [3.8, 4) is 22.7 Å². The van der Waals surface area contributed by atoms with E-state index in [2.05, 4.69) is 5.92 Å². The average Bonchev–Trinajstić information content (AvgIpc) is 2.75. The summed E-state index contributed by atoms with van der Waals surface area (Å²) in [6, 6.07) is 7.44. The van der Waals surface area contributed by atoms with Crippen molar-refractivity contribution in [2.75, 3.05) is 25.1 Å². The van der Waals surface area contributed by atoms with Crippen LogP contribution in [0.1, 0.15) is 11.1 Å². The number of hydrogen-bond donors (Lipinski definition) is 0. The smallest absolute Gasteiger partial charge is 0.312 e. The molecule has 176 valence electrons. The van der Waals surface area contributed by atoms with Crippen molar-refractivity contribution in [3.05, 3.63) is 67.8 Å². The molecule has 14 heteroatoms. The van der Waals surface area contributed by atoms with Gasteiger partial charge in [0.25, 0.3) is 0 Å². The second-order valence-electron chi connectivity index (χ2n) is 6.56. The minimum absolute atomic E-state index is 0.00299. The van der Waals surface area contributed by atoms with Crippen LogP contribution < -0.4 is 9.47 Å². The van der Waals surface area contributed by atoms with E-state index >= 15 is 0 Å². The van der Waals surface area contributed by atoms with E-state index in [1.54, 1.807) is 0 Å². The second-order valence-corrected chi connectivity index (χ2v) is 10.8. The van der Waals surface area contributed by atoms with E-state index in [1.165, 1.54) is 38.5 Å². The van der Waals surface area contributed by atoms with Crippen molar-refractivity contribution in [3.63, 3.8) is 0 Å². The van der Waals surface area contributed by atoms with Gasteiger partial charge in [0.05, 0.1) is 29.8 Å². The van der Waals surface area contributed by atoms with Crippen LogP contribution in [0.5, 0.6) is 11.5 Å². The van der Waals surface area contributed by atoms with Gasteiger partial charge in [0.2, 0.25) is 9.84 Å². The number of sulfone groups is 2. The SMILES string of the molecule is COc1ccc(C#CS(=O)(=O)CS(=O)(=O)CCc2ccc(OC)c([N+](=O)[O-])c2)cc1[N+](=O)[O-]. The zero-order chi connectivity index (χ0) is 24.8. The third-order valence-corrected chi connectivity index (χ3v) is 8.12. The Morgan fingerprint density at radius 1 is 0.879 bits per heavy atom. The molecular weight excluding hydrogens is 480 g/mol. The molecule has 2 aromatic rings. The third kappa shape index (κ3) is 7.16. The summed E-state index contributed by atoms with van der Waals surface area (Å²) in [5, 5.41) is 22.7. The van der Waals surface area contributed by atoms with Gasteiger partial charge in [0.15, 0.2) is 26.4 Å². The minimum atomic E-state index is -4.40. The predicted octanol–water partition coefficient (Wildman–Crippen LogP) is 1.86. The predicted molar refractivity (Wildman–Crippen MR) is 117 cm³/mol. The number of nitro groups is 2. The first-order chi connectivity index (χ1) is 15.4. The van der Waals surface area contributed by atoms with E-state index in [-0.39, 0.29) is 29.2 Å². The molecule has 0 fully saturated rings. The Hall–Kier alpha value is -3.70. The Morgan fingerprint density at radius 3 is 1.97 bits per heavy atom. The van der Waals surface area contributed by atoms with Gasteiger partial charge in [-0.05, 0) is 36.1 Å². The Balaban J connectivity index is 2.16. The fraction of sp³-hybridized carbons (Fsp3) is 0.263. The lowest BCUT2D eigenvalue weighted by Crippen LogP contribution is -2.19. The maximum Gasteiger partial charge on any atom is 0.312 e. The van der Waals surface area contributed by atoms with Crippen LogP contribution in [-0.2, 0) is 26.1 Å². The number of nitro benzene ring substituents is 2. The number of benzene rings is 2. The molecular formula is C19H18N2O10S2. The minimum Gasteiger partial charge on any atom is -0.490 e. The fourth-order valence-corrected chi connectivity index (χ4v) is 6.10. The first kappa shape index (κ1) is 25.6. The molecule has 33 heavy (non-hydrogen) atoms. The molecule has 0 aromatic heterocycles. The van der Waals surface area contributed by atoms with Gasteiger partial charge in [-0.25, -0.2) is 16.8 Å². The summed E-state index contributed by atoms with van der Waals surface area (Å²) in [5.41, 5.74) is -0.489. The van der Waals surface area contributed by atoms with Gasteiger partial charge in [0, 0.05) is 22.9 Å². The Morgan fingerprint density at radius 2 is 1.42 bits per heavy atom. The monoisotopic (exact) mass is 498 g/mol. The zero-order valence-corrected chi connectivity index (χ0v) is 19.0. The standard InChI is InChI=1S/C19H18N2O10S2/c1-30-18-5-3-14(11-16(18)20(22)23)7-9-32(26,27)13-33(28,29)10-8-15-4-6-19(31-2)17(12-15)21(24)25/h3-6,11-12H,7,9,13H2,1-2H3. The van der Waals surface area contributed by atoms with Crippen molar-refractivity contribution < 1.29 is 36.2 Å². The van der Waals surface area contributed by atoms with Crippen LogP contribution in [0.2, 0.25) is 0 Å². The van der Waals surface area contributed by atoms with Crippen LogP contribution >= 0.6 is 0 Å². The third-order valence-electron chi connectivity index (χ3n) is 4.20. The van der Waals surface area contributed by atoms with Crippen molar-refractivity contribution in [2.24, 2.45) is 0 Å². The Bertz CT molecular complexity index is 1360. The van der Waals surface area contributed by atoms with Crippen molar-refractivity contribution in [1.82, 2.24) is 0 Å². The van der Waals surface area contributed by atoms with E-state index in [9.17, 15) is 37.1 Å². The zero-order valence-electron chi connectivity index (χ0n) is 17.4. The molecule has 0 aliphatic carbocycles. The molecule has 0 aliphatic rings. The summed E-state index contributed by atoms with van der Waals surface area (Å²) in [6.45, 7) is 0. The van der Waals surface area contributed by atoms with Gasteiger partial charge in [-0.15, -0.1) is 0 Å². The van der Waals surface area contributed by atoms with E-state index < -0.39 is 46.0 Å². The van der Waals surface area contributed by atoms with E-state index in [1.807, 2.05) is 5.25 Å². The maximum atomic E-state index is 12.3. The molecule has 0 atom stereocenters. The number of ether oxygens (including phenoxy) is 2. The number of methoxy groups -OCH3 is 2. The second kappa shape index (κ2) is 10.3. The van der Waals surface area contributed by atoms with Gasteiger partial charge in [-0.3, -0.25) is 20.2 Å². The first-order valence-electron chi connectivity index (χ1n) is 8.97. The highest BCUT2D eigenvalue weighted by Crippen LogP contribution is 2.28. The highest BCUT2D eigenvalue weighted by atomic mass is 32.3. The van der Waals surface area contributed by atoms with Crippen LogP contribution in [0, 0.1) is 31.4 Å². The van der Waals surface area contributed by atoms with Crippen molar-refractivity contribution in [1.29, 1.82) is 0 Å². The number of rotatable bonds is 9. The van der Waals surface area contributed by atoms with Gasteiger partial charge in [0.1, 0.15) is 0 Å². The maximum absolute atomic E-state index is 12.3. The first-order valence-corrected chi connectivity index (χ1v) is 12.4. The highest BCUT2D eigenvalue weighted by molar-refractivity contribution is 8.10. The molecule has 0 radical (unpaired) electrons. The van der Waals surface area contributed by atoms with Crippen LogP contribution in [-0.4, -0.2) is 51.7 Å². The van der Waals surface area contributed by atoms with Crippen molar-refractivity contribution >= 4 is 31.0 Å². The summed E-state index contributed by atoms with van der Waals surface area (Å²) in [4.78, 5) is 20.7. The molecule has 0 N–H and O–H groups in total. The van der Waals surface area contributed by atoms with E-state index in [4.69, 9.17) is 9.47 Å². The summed E-state index contributed by atoms with van der Waals surface area (Å²) in [5.74, 6) is 1.57. The Kier molecular flexibility index (Phi) is 7.96. The molecule has 2 rings (SSSR count). The van der Waals surface area contributed by atoms with Crippen LogP contribution in [0.15, 0.2) is 36.4 Å². The topological polar surface area (TPSA) is 173 Å². The summed E-state index contributed by atoms with van der Waals surface area (Å²) in [6.07, 6.45) is -0.166. The van der Waals surface area contributed by atoms with Gasteiger partial charge < -0.3 is 9.47 Å². The number of aryl methyl sites for hydroxylation is 1.